The Kier molecular flexibility index (Phi) is 3.45. The maximum atomic E-state index is 12.3. The lowest BCUT2D eigenvalue weighted by atomic mass is 9.95. The molecule has 3 atom stereocenters. The van der Waals surface area contributed by atoms with E-state index in [-0.39, 0.29) is 11.8 Å². The molecule has 0 bridgehead atoms. The molecular weight excluding hydrogens is 238 g/mol. The Morgan fingerprint density at radius 1 is 1.32 bits per heavy atom. The molecule has 2 aliphatic rings. The third kappa shape index (κ3) is 2.75. The second kappa shape index (κ2) is 5.24. The lowest BCUT2D eigenvalue weighted by molar-refractivity contribution is -0.127. The van der Waals surface area contributed by atoms with Crippen molar-refractivity contribution in [3.05, 3.63) is 29.8 Å². The predicted molar refractivity (Wildman–Crippen MR) is 74.1 cm³/mol. The van der Waals surface area contributed by atoms with Crippen molar-refractivity contribution in [2.75, 3.05) is 6.61 Å². The van der Waals surface area contributed by atoms with Crippen molar-refractivity contribution in [1.29, 1.82) is 0 Å². The van der Waals surface area contributed by atoms with Crippen molar-refractivity contribution in [3.63, 3.8) is 0 Å². The highest BCUT2D eigenvalue weighted by Gasteiger charge is 2.29. The Labute approximate surface area is 114 Å². The zero-order valence-corrected chi connectivity index (χ0v) is 11.4. The van der Waals surface area contributed by atoms with Gasteiger partial charge in [-0.2, -0.15) is 0 Å². The third-order valence-corrected chi connectivity index (χ3v) is 4.29. The monoisotopic (exact) mass is 259 g/mol. The minimum atomic E-state index is -0.0363. The number of rotatable bonds is 2. The Balaban J connectivity index is 1.60. The average Bonchev–Trinajstić information content (AvgIpc) is 2.83. The van der Waals surface area contributed by atoms with Crippen molar-refractivity contribution in [1.82, 2.24) is 5.32 Å². The van der Waals surface area contributed by atoms with E-state index in [1.807, 2.05) is 24.3 Å². The standard InChI is InChI=1S/C16H21NO2/c1-11-6-7-14(8-11)17-16(18)13-9-12-4-2-3-5-15(12)19-10-13/h2-5,11,13-14H,6-10H2,1H3,(H,17,18). The number of amides is 1. The van der Waals surface area contributed by atoms with E-state index in [0.29, 0.717) is 12.6 Å². The summed E-state index contributed by atoms with van der Waals surface area (Å²) in [5, 5.41) is 3.19. The van der Waals surface area contributed by atoms with Crippen LogP contribution in [0, 0.1) is 11.8 Å². The number of benzene rings is 1. The number of hydrogen-bond donors (Lipinski definition) is 1. The number of fused-ring (bicyclic) bond motifs is 1. The molecule has 1 aromatic carbocycles. The number of hydrogen-bond acceptors (Lipinski definition) is 2. The molecule has 3 rings (SSSR count). The van der Waals surface area contributed by atoms with Crippen LogP contribution in [0.2, 0.25) is 0 Å². The third-order valence-electron chi connectivity index (χ3n) is 4.29. The second-order valence-corrected chi connectivity index (χ2v) is 5.94. The van der Waals surface area contributed by atoms with Crippen LogP contribution in [0.4, 0.5) is 0 Å². The molecule has 3 unspecified atom stereocenters. The summed E-state index contributed by atoms with van der Waals surface area (Å²) < 4.78 is 5.68. The molecule has 1 amide bonds. The number of nitrogens with one attached hydrogen (secondary N) is 1. The summed E-state index contributed by atoms with van der Waals surface area (Å²) in [4.78, 5) is 12.3. The molecule has 3 nitrogen and oxygen atoms in total. The van der Waals surface area contributed by atoms with Gasteiger partial charge in [0.1, 0.15) is 12.4 Å². The van der Waals surface area contributed by atoms with Gasteiger partial charge in [-0.1, -0.05) is 25.1 Å². The Morgan fingerprint density at radius 3 is 2.95 bits per heavy atom. The van der Waals surface area contributed by atoms with Gasteiger partial charge >= 0.3 is 0 Å². The Hall–Kier alpha value is -1.51. The predicted octanol–water partition coefficient (Wildman–Crippen LogP) is 2.54. The first-order valence-corrected chi connectivity index (χ1v) is 7.23. The van der Waals surface area contributed by atoms with Gasteiger partial charge < -0.3 is 10.1 Å². The normalized spacial score (nSPS) is 29.4. The van der Waals surface area contributed by atoms with Crippen molar-refractivity contribution >= 4 is 5.91 Å². The van der Waals surface area contributed by atoms with Crippen LogP contribution in [0.25, 0.3) is 0 Å². The van der Waals surface area contributed by atoms with Gasteiger partial charge in [-0.25, -0.2) is 0 Å². The molecule has 1 heterocycles. The maximum Gasteiger partial charge on any atom is 0.227 e. The highest BCUT2D eigenvalue weighted by atomic mass is 16.5. The molecule has 19 heavy (non-hydrogen) atoms. The van der Waals surface area contributed by atoms with Gasteiger partial charge in [0.15, 0.2) is 0 Å². The van der Waals surface area contributed by atoms with Gasteiger partial charge in [0.25, 0.3) is 0 Å². The molecule has 3 heteroatoms. The summed E-state index contributed by atoms with van der Waals surface area (Å²) in [6.45, 7) is 2.76. The van der Waals surface area contributed by atoms with Gasteiger partial charge in [0.2, 0.25) is 5.91 Å². The van der Waals surface area contributed by atoms with E-state index in [4.69, 9.17) is 4.74 Å². The molecule has 1 saturated carbocycles. The Morgan fingerprint density at radius 2 is 2.16 bits per heavy atom. The van der Waals surface area contributed by atoms with Crippen molar-refractivity contribution in [2.24, 2.45) is 11.8 Å². The van der Waals surface area contributed by atoms with E-state index < -0.39 is 0 Å². The molecular formula is C16H21NO2. The second-order valence-electron chi connectivity index (χ2n) is 5.94. The molecule has 102 valence electrons. The molecule has 1 fully saturated rings. The van der Waals surface area contributed by atoms with Gasteiger partial charge in [-0.15, -0.1) is 0 Å². The fourth-order valence-corrected chi connectivity index (χ4v) is 3.15. The summed E-state index contributed by atoms with van der Waals surface area (Å²) >= 11 is 0. The van der Waals surface area contributed by atoms with E-state index in [1.165, 1.54) is 6.42 Å². The number of ether oxygens (including phenoxy) is 1. The van der Waals surface area contributed by atoms with Crippen LogP contribution in [0.3, 0.4) is 0 Å². The lowest BCUT2D eigenvalue weighted by Gasteiger charge is -2.25. The van der Waals surface area contributed by atoms with E-state index in [2.05, 4.69) is 12.2 Å². The minimum Gasteiger partial charge on any atom is -0.492 e. The van der Waals surface area contributed by atoms with Gasteiger partial charge in [0.05, 0.1) is 5.92 Å². The molecule has 1 aromatic rings. The Bertz CT molecular complexity index is 472. The van der Waals surface area contributed by atoms with Crippen LogP contribution >= 0.6 is 0 Å². The summed E-state index contributed by atoms with van der Waals surface area (Å²) in [5.41, 5.74) is 1.15. The smallest absolute Gasteiger partial charge is 0.227 e. The maximum absolute atomic E-state index is 12.3. The minimum absolute atomic E-state index is 0.0363. The highest BCUT2D eigenvalue weighted by Crippen LogP contribution is 2.28. The zero-order chi connectivity index (χ0) is 13.2. The first kappa shape index (κ1) is 12.5. The van der Waals surface area contributed by atoms with Crippen molar-refractivity contribution in [3.8, 4) is 5.75 Å². The summed E-state index contributed by atoms with van der Waals surface area (Å²) in [6, 6.07) is 8.37. The molecule has 1 aliphatic carbocycles. The fraction of sp³-hybridized carbons (Fsp3) is 0.562. The molecule has 0 radical (unpaired) electrons. The van der Waals surface area contributed by atoms with Gasteiger partial charge in [-0.05, 0) is 43.2 Å². The van der Waals surface area contributed by atoms with Crippen LogP contribution in [0.15, 0.2) is 24.3 Å². The number of para-hydroxylation sites is 1. The van der Waals surface area contributed by atoms with Crippen LogP contribution in [-0.2, 0) is 11.2 Å². The fourth-order valence-electron chi connectivity index (χ4n) is 3.15. The topological polar surface area (TPSA) is 38.3 Å². The average molecular weight is 259 g/mol. The first-order valence-electron chi connectivity index (χ1n) is 7.23. The van der Waals surface area contributed by atoms with Gasteiger partial charge in [-0.3, -0.25) is 4.79 Å². The first-order chi connectivity index (χ1) is 9.22. The SMILES string of the molecule is CC1CCC(NC(=O)C2COc3ccccc3C2)C1. The van der Waals surface area contributed by atoms with Crippen LogP contribution in [-0.4, -0.2) is 18.6 Å². The largest absolute Gasteiger partial charge is 0.492 e. The lowest BCUT2D eigenvalue weighted by Crippen LogP contribution is -2.41. The zero-order valence-electron chi connectivity index (χ0n) is 11.4. The highest BCUT2D eigenvalue weighted by molar-refractivity contribution is 5.80. The van der Waals surface area contributed by atoms with Crippen LogP contribution in [0.5, 0.6) is 5.75 Å². The van der Waals surface area contributed by atoms with Crippen LogP contribution in [0.1, 0.15) is 31.7 Å². The summed E-state index contributed by atoms with van der Waals surface area (Å²) in [5.74, 6) is 1.80. The number of carbonyl (C=O) groups excluding carboxylic acids is 1. The van der Waals surface area contributed by atoms with E-state index in [9.17, 15) is 4.79 Å². The van der Waals surface area contributed by atoms with E-state index in [1.54, 1.807) is 0 Å². The quantitative estimate of drug-likeness (QED) is 0.886. The van der Waals surface area contributed by atoms with E-state index >= 15 is 0 Å². The summed E-state index contributed by atoms with van der Waals surface area (Å²) in [7, 11) is 0. The van der Waals surface area contributed by atoms with Crippen LogP contribution < -0.4 is 10.1 Å². The molecule has 1 N–H and O–H groups in total. The van der Waals surface area contributed by atoms with E-state index in [0.717, 1.165) is 36.5 Å². The molecule has 0 spiro atoms. The molecule has 1 aliphatic heterocycles. The van der Waals surface area contributed by atoms with Crippen molar-refractivity contribution < 1.29 is 9.53 Å². The molecule has 0 saturated heterocycles. The summed E-state index contributed by atoms with van der Waals surface area (Å²) in [6.07, 6.45) is 4.27. The molecule has 0 aromatic heterocycles. The van der Waals surface area contributed by atoms with Crippen molar-refractivity contribution in [2.45, 2.75) is 38.6 Å². The van der Waals surface area contributed by atoms with Gasteiger partial charge in [0, 0.05) is 6.04 Å². The number of carbonyl (C=O) groups is 1.